The molecule has 0 saturated heterocycles. The van der Waals surface area contributed by atoms with Crippen LogP contribution in [0.2, 0.25) is 0 Å². The molecule has 0 atom stereocenters. The number of nitrogens with two attached hydrogens (primary N) is 9. The van der Waals surface area contributed by atoms with Crippen LogP contribution in [0.5, 0.6) is 28.7 Å². The number of hydrogen-bond acceptors (Lipinski definition) is 14. The Morgan fingerprint density at radius 2 is 1.17 bits per heavy atom. The molecule has 2 aliphatic heterocycles. The zero-order valence-electron chi connectivity index (χ0n) is 33.0. The van der Waals surface area contributed by atoms with Gasteiger partial charge in [-0.15, -0.1) is 0 Å². The highest BCUT2D eigenvalue weighted by atomic mass is 16.6. The summed E-state index contributed by atoms with van der Waals surface area (Å²) in [7, 11) is 0. The van der Waals surface area contributed by atoms with Crippen LogP contribution in [0.3, 0.4) is 0 Å². The molecule has 18 N–H and O–H groups in total. The molecule has 59 heavy (non-hydrogen) atoms. The van der Waals surface area contributed by atoms with E-state index in [1.165, 1.54) is 47.9 Å². The summed E-state index contributed by atoms with van der Waals surface area (Å²) in [4.78, 5) is 0. The third-order valence-corrected chi connectivity index (χ3v) is 12.0. The second-order valence-corrected chi connectivity index (χ2v) is 16.5. The summed E-state index contributed by atoms with van der Waals surface area (Å²) < 4.78 is 31.2. The van der Waals surface area contributed by atoms with Crippen molar-refractivity contribution in [2.45, 2.75) is 86.7 Å². The van der Waals surface area contributed by atoms with Gasteiger partial charge in [0, 0.05) is 44.9 Å². The largest absolute Gasteiger partial charge is 0.489 e. The molecule has 9 rings (SSSR count). The van der Waals surface area contributed by atoms with Crippen molar-refractivity contribution in [2.75, 3.05) is 6.61 Å². The Hall–Kier alpha value is -5.26. The van der Waals surface area contributed by atoms with Gasteiger partial charge in [0.05, 0.1) is 6.61 Å². The van der Waals surface area contributed by atoms with Gasteiger partial charge in [-0.2, -0.15) is 0 Å². The highest BCUT2D eigenvalue weighted by Crippen LogP contribution is 2.63. The molecule has 0 amide bonds. The fourth-order valence-corrected chi connectivity index (χ4v) is 9.91. The van der Waals surface area contributed by atoms with Crippen LogP contribution in [0.25, 0.3) is 28.0 Å². The summed E-state index contributed by atoms with van der Waals surface area (Å²) in [6, 6.07) is 25.4. The van der Waals surface area contributed by atoms with E-state index in [0.29, 0.717) is 41.8 Å². The van der Waals surface area contributed by atoms with Gasteiger partial charge in [-0.25, -0.2) is 0 Å². The SMILES string of the molecule is NC(N)(N)Oc1ccc(C2(c3ccc(OC(N)(N)N)cc3)C=Cc3c4c(c5c6c(c(OC(N)(N)N)cc5c3O2)OCC6)-c2ccccc2C42CCCCCCCC2)cc1. The third kappa shape index (κ3) is 7.05. The zero-order chi connectivity index (χ0) is 41.4. The van der Waals surface area contributed by atoms with Crippen molar-refractivity contribution in [3.05, 3.63) is 118 Å². The topological polar surface area (TPSA) is 280 Å². The first-order valence-electron chi connectivity index (χ1n) is 20.2. The molecule has 0 radical (unpaired) electrons. The molecule has 1 spiro atoms. The average Bonchev–Trinajstić information content (AvgIpc) is 3.80. The Balaban J connectivity index is 1.34. The molecule has 308 valence electrons. The second-order valence-electron chi connectivity index (χ2n) is 16.5. The average molecular weight is 800 g/mol. The van der Waals surface area contributed by atoms with E-state index in [2.05, 4.69) is 36.4 Å². The van der Waals surface area contributed by atoms with E-state index in [1.54, 1.807) is 24.3 Å². The molecule has 5 aromatic carbocycles. The molecule has 14 heteroatoms. The monoisotopic (exact) mass is 799 g/mol. The summed E-state index contributed by atoms with van der Waals surface area (Å²) in [5, 5.41) is 1.86. The van der Waals surface area contributed by atoms with Gasteiger partial charge in [-0.1, -0.05) is 93.1 Å². The van der Waals surface area contributed by atoms with Gasteiger partial charge in [-0.05, 0) is 71.5 Å². The quantitative estimate of drug-likeness (QED) is 0.0999. The smallest absolute Gasteiger partial charge is 0.271 e. The summed E-state index contributed by atoms with van der Waals surface area (Å²) >= 11 is 0. The molecule has 2 aliphatic carbocycles. The number of benzene rings is 5. The fraction of sp³-hybridized carbons (Fsp3) is 0.333. The summed E-state index contributed by atoms with van der Waals surface area (Å²) in [5.74, 6) is -3.40. The standard InChI is InChI=1S/C45H53N9O5/c46-43(47,48)56-28-15-11-26(12-16-28)42(27-13-17-29(18-14-27)57-44(49,50)51)23-19-32-38-37(30-9-5-6-10-34(30)41(38)21-7-3-1-2-4-8-22-41)36-31-20-24-55-40(31)35(58-45(52,53)54)25-33(36)39(32)59-42/h5-6,9-19,23,25H,1-4,7-8,20-22,24,46-54H2. The number of ether oxygens (including phenoxy) is 5. The zero-order valence-corrected chi connectivity index (χ0v) is 33.0. The highest BCUT2D eigenvalue weighted by Gasteiger charge is 2.49. The number of rotatable bonds is 8. The van der Waals surface area contributed by atoms with Gasteiger partial charge >= 0.3 is 0 Å². The maximum absolute atomic E-state index is 7.66. The number of hydrogen-bond donors (Lipinski definition) is 9. The lowest BCUT2D eigenvalue weighted by Crippen LogP contribution is -2.62. The van der Waals surface area contributed by atoms with Crippen molar-refractivity contribution in [3.63, 3.8) is 0 Å². The van der Waals surface area contributed by atoms with E-state index in [0.717, 1.165) is 58.7 Å². The first kappa shape index (κ1) is 39.2. The highest BCUT2D eigenvalue weighted by molar-refractivity contribution is 6.11. The van der Waals surface area contributed by atoms with Crippen molar-refractivity contribution in [3.8, 4) is 39.9 Å². The molecular formula is C45H53N9O5. The van der Waals surface area contributed by atoms with E-state index in [4.69, 9.17) is 75.3 Å². The van der Waals surface area contributed by atoms with Gasteiger partial charge in [0.1, 0.15) is 17.2 Å². The predicted octanol–water partition coefficient (Wildman–Crippen LogP) is 4.12. The molecule has 0 aromatic heterocycles. The van der Waals surface area contributed by atoms with E-state index in [9.17, 15) is 0 Å². The van der Waals surface area contributed by atoms with E-state index in [1.807, 2.05) is 30.3 Å². The van der Waals surface area contributed by atoms with Crippen molar-refractivity contribution in [1.82, 2.24) is 0 Å². The van der Waals surface area contributed by atoms with Gasteiger partial charge < -0.3 is 23.7 Å². The Morgan fingerprint density at radius 1 is 0.610 bits per heavy atom. The predicted molar refractivity (Wildman–Crippen MR) is 227 cm³/mol. The molecular weight excluding hydrogens is 747 g/mol. The van der Waals surface area contributed by atoms with Crippen LogP contribution < -0.4 is 75.3 Å². The first-order chi connectivity index (χ1) is 28.1. The van der Waals surface area contributed by atoms with Gasteiger partial charge in [0.2, 0.25) is 0 Å². The molecule has 2 heterocycles. The van der Waals surface area contributed by atoms with Crippen LogP contribution in [0.1, 0.15) is 84.7 Å². The molecule has 4 aliphatic rings. The fourth-order valence-electron chi connectivity index (χ4n) is 9.91. The van der Waals surface area contributed by atoms with Crippen LogP contribution in [0.4, 0.5) is 0 Å². The molecule has 0 bridgehead atoms. The lowest BCUT2D eigenvalue weighted by atomic mass is 9.68. The summed E-state index contributed by atoms with van der Waals surface area (Å²) in [6.07, 6.45) is 14.1. The molecule has 0 unspecified atom stereocenters. The van der Waals surface area contributed by atoms with Gasteiger partial charge in [0.25, 0.3) is 17.9 Å². The summed E-state index contributed by atoms with van der Waals surface area (Å²) in [6.45, 7) is 0.453. The van der Waals surface area contributed by atoms with Crippen molar-refractivity contribution in [1.29, 1.82) is 0 Å². The molecule has 14 nitrogen and oxygen atoms in total. The van der Waals surface area contributed by atoms with Crippen LogP contribution in [0, 0.1) is 0 Å². The van der Waals surface area contributed by atoms with Crippen LogP contribution in [-0.4, -0.2) is 24.5 Å². The van der Waals surface area contributed by atoms with Crippen LogP contribution in [0.15, 0.2) is 84.9 Å². The van der Waals surface area contributed by atoms with E-state index < -0.39 is 23.5 Å². The van der Waals surface area contributed by atoms with Crippen molar-refractivity contribution in [2.24, 2.45) is 51.6 Å². The molecule has 5 aromatic rings. The minimum atomic E-state index is -1.97. The minimum Gasteiger partial charge on any atom is -0.489 e. The Labute approximate surface area is 342 Å². The summed E-state index contributed by atoms with van der Waals surface area (Å²) in [5.41, 5.74) is 60.2. The second kappa shape index (κ2) is 14.2. The first-order valence-corrected chi connectivity index (χ1v) is 20.2. The van der Waals surface area contributed by atoms with Crippen LogP contribution >= 0.6 is 0 Å². The third-order valence-electron chi connectivity index (χ3n) is 12.0. The number of fused-ring (bicyclic) bond motifs is 12. The van der Waals surface area contributed by atoms with Crippen molar-refractivity contribution >= 4 is 16.8 Å². The Kier molecular flexibility index (Phi) is 9.43. The molecule has 1 fully saturated rings. The normalized spacial score (nSPS) is 18.1. The Morgan fingerprint density at radius 3 is 1.75 bits per heavy atom. The van der Waals surface area contributed by atoms with E-state index >= 15 is 0 Å². The Bertz CT molecular complexity index is 2380. The maximum atomic E-state index is 7.66. The molecule has 1 saturated carbocycles. The lowest BCUT2D eigenvalue weighted by Gasteiger charge is -2.40. The minimum absolute atomic E-state index is 0.249. The van der Waals surface area contributed by atoms with Gasteiger partial charge in [0.15, 0.2) is 17.1 Å². The maximum Gasteiger partial charge on any atom is 0.271 e. The van der Waals surface area contributed by atoms with Gasteiger partial charge in [-0.3, -0.25) is 51.6 Å². The lowest BCUT2D eigenvalue weighted by molar-refractivity contribution is 0.0859. The van der Waals surface area contributed by atoms with Crippen molar-refractivity contribution < 1.29 is 23.7 Å². The van der Waals surface area contributed by atoms with E-state index in [-0.39, 0.29) is 5.41 Å². The van der Waals surface area contributed by atoms with Crippen LogP contribution in [-0.2, 0) is 17.4 Å².